The maximum atomic E-state index is 12.9. The van der Waals surface area contributed by atoms with Crippen molar-refractivity contribution in [2.45, 2.75) is 25.9 Å². The number of carbonyl (C=O) groups excluding carboxylic acids is 2. The van der Waals surface area contributed by atoms with Gasteiger partial charge in [0.2, 0.25) is 0 Å². The molecule has 2 aromatic carbocycles. The zero-order valence-corrected chi connectivity index (χ0v) is 15.4. The molecule has 1 aliphatic rings. The first-order valence-corrected chi connectivity index (χ1v) is 8.73. The summed E-state index contributed by atoms with van der Waals surface area (Å²) in [6.07, 6.45) is -0.239. The molecule has 1 aliphatic heterocycles. The number of benzene rings is 2. The van der Waals surface area contributed by atoms with Gasteiger partial charge >= 0.3 is 0 Å². The lowest BCUT2D eigenvalue weighted by atomic mass is 9.89. The molecule has 0 saturated carbocycles. The molecular formula is C20H20ClNO4. The average Bonchev–Trinajstić information content (AvgIpc) is 2.79. The Kier molecular flexibility index (Phi) is 5.03. The molecule has 0 fully saturated rings. The van der Waals surface area contributed by atoms with Crippen molar-refractivity contribution >= 4 is 29.0 Å². The molecule has 1 heterocycles. The van der Waals surface area contributed by atoms with E-state index in [2.05, 4.69) is 0 Å². The van der Waals surface area contributed by atoms with Crippen molar-refractivity contribution in [3.05, 3.63) is 58.6 Å². The van der Waals surface area contributed by atoms with Gasteiger partial charge in [-0.3, -0.25) is 9.59 Å². The predicted octanol–water partition coefficient (Wildman–Crippen LogP) is 3.24. The highest BCUT2D eigenvalue weighted by atomic mass is 35.5. The van der Waals surface area contributed by atoms with Crippen molar-refractivity contribution in [3.8, 4) is 5.75 Å². The Morgan fingerprint density at radius 3 is 2.58 bits per heavy atom. The molecule has 1 N–H and O–H groups in total. The van der Waals surface area contributed by atoms with E-state index in [0.29, 0.717) is 22.0 Å². The van der Waals surface area contributed by atoms with E-state index in [1.807, 2.05) is 13.0 Å². The van der Waals surface area contributed by atoms with Crippen LogP contribution >= 0.6 is 11.6 Å². The molecule has 3 rings (SSSR count). The lowest BCUT2D eigenvalue weighted by Crippen LogP contribution is -2.43. The highest BCUT2D eigenvalue weighted by molar-refractivity contribution is 6.30. The Morgan fingerprint density at radius 2 is 1.92 bits per heavy atom. The number of ether oxygens (including phenoxy) is 1. The molecule has 1 amide bonds. The SMILES string of the molecule is CC(=O)C[C@@]1(O)C(=O)N(CCOc2ccc(Cl)cc2)c2c(C)cccc21. The summed E-state index contributed by atoms with van der Waals surface area (Å²) in [5.74, 6) is -0.0886. The Bertz CT molecular complexity index is 849. The van der Waals surface area contributed by atoms with E-state index >= 15 is 0 Å². The van der Waals surface area contributed by atoms with Gasteiger partial charge in [0, 0.05) is 17.0 Å². The van der Waals surface area contributed by atoms with Crippen LogP contribution in [0.5, 0.6) is 5.75 Å². The first kappa shape index (κ1) is 18.4. The van der Waals surface area contributed by atoms with E-state index in [0.717, 1.165) is 5.56 Å². The summed E-state index contributed by atoms with van der Waals surface area (Å²) in [4.78, 5) is 26.0. The normalized spacial score (nSPS) is 18.8. The number of ketones is 1. The molecule has 0 aromatic heterocycles. The van der Waals surface area contributed by atoms with Crippen LogP contribution in [0.15, 0.2) is 42.5 Å². The molecule has 26 heavy (non-hydrogen) atoms. The number of Topliss-reactive ketones (excluding diaryl/α,β-unsaturated/α-hetero) is 1. The van der Waals surface area contributed by atoms with Gasteiger partial charge in [-0.2, -0.15) is 0 Å². The molecule has 136 valence electrons. The average molecular weight is 374 g/mol. The van der Waals surface area contributed by atoms with Gasteiger partial charge in [-0.1, -0.05) is 29.8 Å². The number of hydrogen-bond acceptors (Lipinski definition) is 4. The quantitative estimate of drug-likeness (QED) is 0.844. The van der Waals surface area contributed by atoms with Gasteiger partial charge in [0.25, 0.3) is 5.91 Å². The second-order valence-corrected chi connectivity index (χ2v) is 6.91. The molecule has 0 saturated heterocycles. The van der Waals surface area contributed by atoms with Crippen LogP contribution in [0.1, 0.15) is 24.5 Å². The fraction of sp³-hybridized carbons (Fsp3) is 0.300. The van der Waals surface area contributed by atoms with Crippen LogP contribution in [0.3, 0.4) is 0 Å². The molecule has 2 aromatic rings. The van der Waals surface area contributed by atoms with Crippen LogP contribution in [0.2, 0.25) is 5.02 Å². The fourth-order valence-electron chi connectivity index (χ4n) is 3.32. The van der Waals surface area contributed by atoms with Crippen LogP contribution in [0.4, 0.5) is 5.69 Å². The standard InChI is InChI=1S/C20H20ClNO4/c1-13-4-3-5-17-18(13)22(19(24)20(17,25)12-14(2)23)10-11-26-16-8-6-15(21)7-9-16/h3-9,25H,10-12H2,1-2H3/t20-/m0/s1. The minimum absolute atomic E-state index is 0.239. The first-order valence-electron chi connectivity index (χ1n) is 8.35. The molecular weight excluding hydrogens is 354 g/mol. The van der Waals surface area contributed by atoms with Gasteiger partial charge in [-0.05, 0) is 43.7 Å². The maximum absolute atomic E-state index is 12.9. The van der Waals surface area contributed by atoms with E-state index in [-0.39, 0.29) is 25.4 Å². The fourth-order valence-corrected chi connectivity index (χ4v) is 3.45. The van der Waals surface area contributed by atoms with Gasteiger partial charge in [0.15, 0.2) is 5.60 Å². The molecule has 0 aliphatic carbocycles. The number of para-hydroxylation sites is 1. The molecule has 0 radical (unpaired) electrons. The molecule has 0 unspecified atom stereocenters. The number of amides is 1. The minimum Gasteiger partial charge on any atom is -0.492 e. The third-order valence-corrected chi connectivity index (χ3v) is 4.71. The molecule has 6 heteroatoms. The lowest BCUT2D eigenvalue weighted by Gasteiger charge is -2.22. The van der Waals surface area contributed by atoms with Crippen molar-refractivity contribution < 1.29 is 19.4 Å². The van der Waals surface area contributed by atoms with Gasteiger partial charge in [-0.15, -0.1) is 0 Å². The monoisotopic (exact) mass is 373 g/mol. The van der Waals surface area contributed by atoms with Crippen LogP contribution < -0.4 is 9.64 Å². The van der Waals surface area contributed by atoms with Gasteiger partial charge in [0.1, 0.15) is 18.1 Å². The summed E-state index contributed by atoms with van der Waals surface area (Å²) < 4.78 is 5.67. The van der Waals surface area contributed by atoms with Crippen LogP contribution in [0, 0.1) is 6.92 Å². The Labute approximate surface area is 157 Å². The van der Waals surface area contributed by atoms with E-state index in [1.165, 1.54) is 11.8 Å². The van der Waals surface area contributed by atoms with Crippen LogP contribution in [0.25, 0.3) is 0 Å². The van der Waals surface area contributed by atoms with E-state index in [4.69, 9.17) is 16.3 Å². The number of hydrogen-bond donors (Lipinski definition) is 1. The summed E-state index contributed by atoms with van der Waals surface area (Å²) in [5, 5.41) is 11.6. The van der Waals surface area contributed by atoms with Gasteiger partial charge in [0.05, 0.1) is 12.2 Å². The summed E-state index contributed by atoms with van der Waals surface area (Å²) in [6.45, 7) is 3.75. The summed E-state index contributed by atoms with van der Waals surface area (Å²) >= 11 is 5.85. The zero-order chi connectivity index (χ0) is 18.9. The number of nitrogens with zero attached hydrogens (tertiary/aromatic N) is 1. The number of anilines is 1. The molecule has 1 atom stereocenters. The van der Waals surface area contributed by atoms with Crippen LogP contribution in [-0.4, -0.2) is 29.9 Å². The number of halogens is 1. The van der Waals surface area contributed by atoms with Crippen molar-refractivity contribution in [3.63, 3.8) is 0 Å². The van der Waals surface area contributed by atoms with Crippen molar-refractivity contribution in [1.82, 2.24) is 0 Å². The van der Waals surface area contributed by atoms with Crippen molar-refractivity contribution in [2.24, 2.45) is 0 Å². The minimum atomic E-state index is -1.81. The molecule has 0 bridgehead atoms. The van der Waals surface area contributed by atoms with Gasteiger partial charge in [-0.25, -0.2) is 0 Å². The van der Waals surface area contributed by atoms with Crippen LogP contribution in [-0.2, 0) is 15.2 Å². The molecule has 5 nitrogen and oxygen atoms in total. The highest BCUT2D eigenvalue weighted by Gasteiger charge is 2.50. The topological polar surface area (TPSA) is 66.8 Å². The lowest BCUT2D eigenvalue weighted by molar-refractivity contribution is -0.141. The largest absolute Gasteiger partial charge is 0.492 e. The molecule has 0 spiro atoms. The second kappa shape index (κ2) is 7.09. The number of aryl methyl sites for hydroxylation is 1. The zero-order valence-electron chi connectivity index (χ0n) is 14.7. The first-order chi connectivity index (χ1) is 12.3. The summed E-state index contributed by atoms with van der Waals surface area (Å²) in [7, 11) is 0. The third kappa shape index (κ3) is 3.32. The number of rotatable bonds is 6. The van der Waals surface area contributed by atoms with E-state index in [9.17, 15) is 14.7 Å². The van der Waals surface area contributed by atoms with Crippen molar-refractivity contribution in [2.75, 3.05) is 18.1 Å². The van der Waals surface area contributed by atoms with E-state index < -0.39 is 11.5 Å². The summed E-state index contributed by atoms with van der Waals surface area (Å²) in [6, 6.07) is 12.3. The second-order valence-electron chi connectivity index (χ2n) is 6.47. The van der Waals surface area contributed by atoms with Gasteiger partial charge < -0.3 is 14.7 Å². The maximum Gasteiger partial charge on any atom is 0.264 e. The highest BCUT2D eigenvalue weighted by Crippen LogP contribution is 2.44. The smallest absolute Gasteiger partial charge is 0.264 e. The predicted molar refractivity (Wildman–Crippen MR) is 99.7 cm³/mol. The Hall–Kier alpha value is -2.37. The summed E-state index contributed by atoms with van der Waals surface area (Å²) in [5.41, 5.74) is 0.181. The number of fused-ring (bicyclic) bond motifs is 1. The number of carbonyl (C=O) groups is 2. The number of aliphatic hydroxyl groups is 1. The Balaban J connectivity index is 1.82. The third-order valence-electron chi connectivity index (χ3n) is 4.45. The van der Waals surface area contributed by atoms with E-state index in [1.54, 1.807) is 36.4 Å². The van der Waals surface area contributed by atoms with Crippen molar-refractivity contribution in [1.29, 1.82) is 0 Å². The Morgan fingerprint density at radius 1 is 1.23 bits per heavy atom.